The fourth-order valence-electron chi connectivity index (χ4n) is 3.53. The van der Waals surface area contributed by atoms with Crippen LogP contribution in [0, 0.1) is 23.7 Å². The second-order valence-corrected chi connectivity index (χ2v) is 6.48. The summed E-state index contributed by atoms with van der Waals surface area (Å²) in [4.78, 5) is 16.4. The zero-order valence-electron chi connectivity index (χ0n) is 11.2. The van der Waals surface area contributed by atoms with Crippen LogP contribution in [0.5, 0.6) is 0 Å². The smallest absolute Gasteiger partial charge is 0.223 e. The number of imidazole rings is 1. The van der Waals surface area contributed by atoms with Crippen molar-refractivity contribution in [3.05, 3.63) is 18.2 Å². The highest BCUT2D eigenvalue weighted by molar-refractivity contribution is 5.81. The summed E-state index contributed by atoms with van der Waals surface area (Å²) in [5.74, 6) is 4.01. The summed E-state index contributed by atoms with van der Waals surface area (Å²) in [5.41, 5.74) is 0. The predicted molar refractivity (Wildman–Crippen MR) is 71.4 cm³/mol. The van der Waals surface area contributed by atoms with Crippen LogP contribution in [0.3, 0.4) is 0 Å². The number of amides is 1. The molecule has 1 aliphatic heterocycles. The summed E-state index contributed by atoms with van der Waals surface area (Å²) in [7, 11) is 0. The monoisotopic (exact) mass is 259 g/mol. The van der Waals surface area contributed by atoms with E-state index >= 15 is 0 Å². The largest absolute Gasteiger partial charge is 0.356 e. The van der Waals surface area contributed by atoms with E-state index in [1.54, 1.807) is 0 Å². The van der Waals surface area contributed by atoms with Gasteiger partial charge in [0.25, 0.3) is 0 Å². The van der Waals surface area contributed by atoms with Crippen molar-refractivity contribution in [1.82, 2.24) is 14.9 Å². The molecule has 19 heavy (non-hydrogen) atoms. The van der Waals surface area contributed by atoms with Gasteiger partial charge in [-0.25, -0.2) is 4.98 Å². The molecule has 4 nitrogen and oxygen atoms in total. The maximum absolute atomic E-state index is 12.1. The molecule has 0 aromatic carbocycles. The van der Waals surface area contributed by atoms with Crippen molar-refractivity contribution in [2.75, 3.05) is 6.54 Å². The molecule has 2 saturated carbocycles. The minimum atomic E-state index is 0.311. The first kappa shape index (κ1) is 11.5. The van der Waals surface area contributed by atoms with Crippen molar-refractivity contribution in [3.63, 3.8) is 0 Å². The second kappa shape index (κ2) is 4.36. The van der Waals surface area contributed by atoms with E-state index in [0.29, 0.717) is 17.7 Å². The van der Waals surface area contributed by atoms with Gasteiger partial charge in [-0.3, -0.25) is 4.79 Å². The van der Waals surface area contributed by atoms with Crippen LogP contribution in [0.1, 0.15) is 31.5 Å². The van der Waals surface area contributed by atoms with E-state index in [0.717, 1.165) is 44.2 Å². The molecule has 0 bridgehead atoms. The van der Waals surface area contributed by atoms with Gasteiger partial charge in [0.05, 0.1) is 0 Å². The highest BCUT2D eigenvalue weighted by Crippen LogP contribution is 2.54. The van der Waals surface area contributed by atoms with E-state index in [2.05, 4.69) is 21.1 Å². The Morgan fingerprint density at radius 3 is 3.16 bits per heavy atom. The van der Waals surface area contributed by atoms with Gasteiger partial charge >= 0.3 is 0 Å². The van der Waals surface area contributed by atoms with Crippen molar-refractivity contribution >= 4 is 5.91 Å². The van der Waals surface area contributed by atoms with Gasteiger partial charge in [0.1, 0.15) is 5.82 Å². The number of hydrogen-bond acceptors (Lipinski definition) is 2. The van der Waals surface area contributed by atoms with Gasteiger partial charge in [-0.2, -0.15) is 0 Å². The molecule has 3 atom stereocenters. The third-order valence-corrected chi connectivity index (χ3v) is 5.02. The first-order valence-corrected chi connectivity index (χ1v) is 7.59. The number of carbonyl (C=O) groups excluding carboxylic acids is 1. The van der Waals surface area contributed by atoms with Gasteiger partial charge in [-0.05, 0) is 43.4 Å². The van der Waals surface area contributed by atoms with Gasteiger partial charge < -0.3 is 9.88 Å². The number of rotatable bonds is 4. The molecular weight excluding hydrogens is 238 g/mol. The Labute approximate surface area is 113 Å². The average molecular weight is 259 g/mol. The topological polar surface area (TPSA) is 46.9 Å². The zero-order valence-corrected chi connectivity index (χ0v) is 11.2. The van der Waals surface area contributed by atoms with E-state index in [4.69, 9.17) is 0 Å². The quantitative estimate of drug-likeness (QED) is 0.893. The summed E-state index contributed by atoms with van der Waals surface area (Å²) in [5, 5.41) is 3.17. The van der Waals surface area contributed by atoms with Crippen LogP contribution in [0.4, 0.5) is 0 Å². The lowest BCUT2D eigenvalue weighted by Crippen LogP contribution is -2.34. The third-order valence-electron chi connectivity index (χ3n) is 5.02. The molecule has 1 N–H and O–H groups in total. The molecule has 2 aliphatic carbocycles. The molecule has 2 heterocycles. The normalized spacial score (nSPS) is 32.7. The second-order valence-electron chi connectivity index (χ2n) is 6.48. The van der Waals surface area contributed by atoms with Crippen LogP contribution >= 0.6 is 0 Å². The molecule has 4 rings (SSSR count). The Morgan fingerprint density at radius 2 is 2.32 bits per heavy atom. The highest BCUT2D eigenvalue weighted by Gasteiger charge is 2.50. The van der Waals surface area contributed by atoms with Crippen LogP contribution in [0.25, 0.3) is 0 Å². The molecule has 1 aromatic rings. The van der Waals surface area contributed by atoms with Crippen LogP contribution < -0.4 is 5.32 Å². The zero-order chi connectivity index (χ0) is 12.8. The van der Waals surface area contributed by atoms with Gasteiger partial charge in [0.2, 0.25) is 5.91 Å². The average Bonchev–Trinajstić information content (AvgIpc) is 3.30. The van der Waals surface area contributed by atoms with E-state index < -0.39 is 0 Å². The van der Waals surface area contributed by atoms with E-state index in [1.165, 1.54) is 18.7 Å². The van der Waals surface area contributed by atoms with Crippen molar-refractivity contribution in [2.45, 2.75) is 38.6 Å². The van der Waals surface area contributed by atoms with Crippen LogP contribution in [0.2, 0.25) is 0 Å². The van der Waals surface area contributed by atoms with Crippen LogP contribution in [-0.2, 0) is 17.8 Å². The minimum absolute atomic E-state index is 0.311. The van der Waals surface area contributed by atoms with Gasteiger partial charge in [-0.15, -0.1) is 0 Å². The summed E-state index contributed by atoms with van der Waals surface area (Å²) in [6.45, 7) is 1.88. The molecular formula is C15H21N3O. The molecule has 0 saturated heterocycles. The predicted octanol–water partition coefficient (Wildman–Crippen LogP) is 1.61. The number of nitrogens with zero attached hydrogens (tertiary/aromatic N) is 2. The Kier molecular flexibility index (Phi) is 2.64. The number of fused-ring (bicyclic) bond motifs is 1. The van der Waals surface area contributed by atoms with E-state index in [1.807, 2.05) is 6.20 Å². The van der Waals surface area contributed by atoms with E-state index in [9.17, 15) is 4.79 Å². The van der Waals surface area contributed by atoms with Crippen molar-refractivity contribution in [2.24, 2.45) is 23.7 Å². The molecule has 102 valence electrons. The molecule has 1 amide bonds. The van der Waals surface area contributed by atoms with Gasteiger partial charge in [-0.1, -0.05) is 0 Å². The maximum Gasteiger partial charge on any atom is 0.223 e. The molecule has 0 spiro atoms. The standard InChI is InChI=1S/C15H21N3O/c19-15(13-8-12(13)11-1-2-11)17-9-10-3-5-18-6-4-16-14(18)7-10/h4,6,10-13H,1-3,5,7-9H2,(H,17,19)/t10-,12+,13+/m1/s1. The van der Waals surface area contributed by atoms with E-state index in [-0.39, 0.29) is 0 Å². The lowest BCUT2D eigenvalue weighted by Gasteiger charge is -2.23. The van der Waals surface area contributed by atoms with Crippen molar-refractivity contribution in [3.8, 4) is 0 Å². The lowest BCUT2D eigenvalue weighted by atomic mass is 9.98. The Balaban J connectivity index is 1.26. The Bertz CT molecular complexity index is 491. The van der Waals surface area contributed by atoms with Crippen molar-refractivity contribution in [1.29, 1.82) is 0 Å². The number of nitrogens with one attached hydrogen (secondary N) is 1. The first-order chi connectivity index (χ1) is 9.31. The minimum Gasteiger partial charge on any atom is -0.356 e. The summed E-state index contributed by atoms with van der Waals surface area (Å²) < 4.78 is 2.22. The van der Waals surface area contributed by atoms with Crippen LogP contribution in [0.15, 0.2) is 12.4 Å². The van der Waals surface area contributed by atoms with Gasteiger partial charge in [0, 0.05) is 37.8 Å². The molecule has 2 fully saturated rings. The number of aryl methyl sites for hydroxylation is 1. The fourth-order valence-corrected chi connectivity index (χ4v) is 3.53. The number of aromatic nitrogens is 2. The molecule has 0 radical (unpaired) electrons. The van der Waals surface area contributed by atoms with Crippen LogP contribution in [-0.4, -0.2) is 22.0 Å². The molecule has 1 aromatic heterocycles. The lowest BCUT2D eigenvalue weighted by molar-refractivity contribution is -0.122. The summed E-state index contributed by atoms with van der Waals surface area (Å²) >= 11 is 0. The van der Waals surface area contributed by atoms with Gasteiger partial charge in [0.15, 0.2) is 0 Å². The maximum atomic E-state index is 12.1. The fraction of sp³-hybridized carbons (Fsp3) is 0.733. The number of carbonyl (C=O) groups is 1. The molecule has 3 aliphatic rings. The Hall–Kier alpha value is -1.32. The third kappa shape index (κ3) is 2.28. The van der Waals surface area contributed by atoms with Crippen molar-refractivity contribution < 1.29 is 4.79 Å². The molecule has 0 unspecified atom stereocenters. The highest BCUT2D eigenvalue weighted by atomic mass is 16.2. The number of hydrogen-bond donors (Lipinski definition) is 1. The summed E-state index contributed by atoms with van der Waals surface area (Å²) in [6, 6.07) is 0. The molecule has 4 heteroatoms. The summed E-state index contributed by atoms with van der Waals surface area (Å²) in [6.07, 6.45) is 9.95. The SMILES string of the molecule is O=C(NC[C@@H]1CCn2ccnc2C1)[C@H]1C[C@H]1C1CC1. The Morgan fingerprint density at radius 1 is 1.42 bits per heavy atom. The first-order valence-electron chi connectivity index (χ1n) is 7.59.